The minimum absolute atomic E-state index is 0.161. The number of aliphatic carboxylic acids is 2. The highest BCUT2D eigenvalue weighted by Gasteiger charge is 2.33. The van der Waals surface area contributed by atoms with E-state index in [1.807, 2.05) is 18.7 Å². The van der Waals surface area contributed by atoms with Crippen LogP contribution in [-0.2, 0) is 9.59 Å². The van der Waals surface area contributed by atoms with Crippen molar-refractivity contribution in [3.8, 4) is 0 Å². The Morgan fingerprint density at radius 3 is 0.755 bits per heavy atom. The normalized spacial score (nSPS) is 12.1. The van der Waals surface area contributed by atoms with E-state index in [1.165, 1.54) is 244 Å². The van der Waals surface area contributed by atoms with Gasteiger partial charge in [0.1, 0.15) is 0 Å². The van der Waals surface area contributed by atoms with Gasteiger partial charge >= 0.3 is 11.9 Å². The highest BCUT2D eigenvalue weighted by Crippen LogP contribution is 2.43. The lowest BCUT2D eigenvalue weighted by Gasteiger charge is -2.35. The van der Waals surface area contributed by atoms with Gasteiger partial charge in [-0.3, -0.25) is 9.59 Å². The van der Waals surface area contributed by atoms with Crippen molar-refractivity contribution in [2.24, 2.45) is 0 Å². The van der Waals surface area contributed by atoms with Crippen molar-refractivity contribution in [3.05, 3.63) is 0 Å². The van der Waals surface area contributed by atoms with Crippen LogP contribution in [0.2, 0.25) is 0 Å². The highest BCUT2D eigenvalue weighted by molar-refractivity contribution is 8.01. The molecule has 0 saturated heterocycles. The Labute approximate surface area is 337 Å². The predicted molar refractivity (Wildman–Crippen MR) is 238 cm³/mol. The molecular formula is C48H96O4S. The molecule has 0 saturated carbocycles. The van der Waals surface area contributed by atoms with E-state index in [-0.39, 0.29) is 16.4 Å². The van der Waals surface area contributed by atoms with Gasteiger partial charge < -0.3 is 10.2 Å². The molecule has 2 N–H and O–H groups in total. The Balaban J connectivity index is 0. The van der Waals surface area contributed by atoms with Gasteiger partial charge in [0.15, 0.2) is 0 Å². The van der Waals surface area contributed by atoms with Crippen molar-refractivity contribution in [1.29, 1.82) is 0 Å². The largest absolute Gasteiger partial charge is 0.481 e. The maximum Gasteiger partial charge on any atom is 0.316 e. The summed E-state index contributed by atoms with van der Waals surface area (Å²) in [7, 11) is 0. The average molecular weight is 769 g/mol. The summed E-state index contributed by atoms with van der Waals surface area (Å²) >= 11 is 1.85. The number of carboxylic acid groups (broad SMARTS) is 2. The van der Waals surface area contributed by atoms with E-state index >= 15 is 0 Å². The molecule has 0 spiro atoms. The third kappa shape index (κ3) is 42.3. The van der Waals surface area contributed by atoms with E-state index in [0.717, 1.165) is 0 Å². The van der Waals surface area contributed by atoms with E-state index in [1.54, 1.807) is 6.92 Å². The molecule has 1 atom stereocenters. The zero-order valence-electron chi connectivity index (χ0n) is 36.8. The second kappa shape index (κ2) is 44.0. The highest BCUT2D eigenvalue weighted by atomic mass is 32.2. The molecule has 0 aliphatic heterocycles. The van der Waals surface area contributed by atoms with Gasteiger partial charge in [0.2, 0.25) is 0 Å². The van der Waals surface area contributed by atoms with Crippen LogP contribution in [0.1, 0.15) is 285 Å². The summed E-state index contributed by atoms with van der Waals surface area (Å²) in [6, 6.07) is 0. The van der Waals surface area contributed by atoms with Gasteiger partial charge in [-0.2, -0.15) is 0 Å². The minimum atomic E-state index is -0.745. The number of carboxylic acids is 2. The fourth-order valence-corrected chi connectivity index (χ4v) is 9.30. The predicted octanol–water partition coefficient (Wildman–Crippen LogP) is 17.3. The van der Waals surface area contributed by atoms with Crippen LogP contribution in [-0.4, -0.2) is 32.1 Å². The van der Waals surface area contributed by atoms with Crippen LogP contribution in [0, 0.1) is 0 Å². The van der Waals surface area contributed by atoms with Crippen molar-refractivity contribution in [2.45, 2.75) is 295 Å². The maximum atomic E-state index is 12.1. The van der Waals surface area contributed by atoms with Crippen molar-refractivity contribution in [2.75, 3.05) is 0 Å². The molecule has 0 heterocycles. The molecular weight excluding hydrogens is 673 g/mol. The van der Waals surface area contributed by atoms with E-state index in [2.05, 4.69) is 20.8 Å². The Hall–Kier alpha value is -0.710. The van der Waals surface area contributed by atoms with Gasteiger partial charge in [0, 0.05) is 11.2 Å². The topological polar surface area (TPSA) is 74.6 Å². The first-order valence-electron chi connectivity index (χ1n) is 23.9. The average Bonchev–Trinajstić information content (AvgIpc) is 3.14. The quantitative estimate of drug-likeness (QED) is 0.0605. The summed E-state index contributed by atoms with van der Waals surface area (Å²) in [5, 5.41) is 17.4. The first-order chi connectivity index (χ1) is 25.8. The molecule has 0 aliphatic rings. The molecule has 318 valence electrons. The third-order valence-electron chi connectivity index (χ3n) is 11.3. The smallest absolute Gasteiger partial charge is 0.316 e. The van der Waals surface area contributed by atoms with Gasteiger partial charge in [-0.15, -0.1) is 11.8 Å². The van der Waals surface area contributed by atoms with Gasteiger partial charge in [-0.25, -0.2) is 0 Å². The lowest BCUT2D eigenvalue weighted by Crippen LogP contribution is -2.30. The van der Waals surface area contributed by atoms with Crippen LogP contribution in [0.25, 0.3) is 0 Å². The molecule has 0 radical (unpaired) electrons. The lowest BCUT2D eigenvalue weighted by molar-refractivity contribution is -0.137. The van der Waals surface area contributed by atoms with E-state index in [9.17, 15) is 14.7 Å². The van der Waals surface area contributed by atoms with Crippen LogP contribution >= 0.6 is 11.8 Å². The minimum Gasteiger partial charge on any atom is -0.481 e. The molecule has 1 unspecified atom stereocenters. The Bertz CT molecular complexity index is 713. The van der Waals surface area contributed by atoms with Gasteiger partial charge in [-0.1, -0.05) is 252 Å². The Morgan fingerprint density at radius 1 is 0.396 bits per heavy atom. The van der Waals surface area contributed by atoms with Crippen LogP contribution < -0.4 is 0 Å². The summed E-state index contributed by atoms with van der Waals surface area (Å²) in [6.07, 6.45) is 52.4. The zero-order chi connectivity index (χ0) is 39.5. The third-order valence-corrected chi connectivity index (χ3v) is 13.0. The first kappa shape index (κ1) is 54.4. The van der Waals surface area contributed by atoms with Gasteiger partial charge in [-0.05, 0) is 26.2 Å². The number of thioether (sulfide) groups is 1. The number of unbranched alkanes of at least 4 members (excludes halogenated alkanes) is 32. The Morgan fingerprint density at radius 2 is 0.585 bits per heavy atom. The standard InChI is InChI=1S/C45H90O2S.C3H6O2/c1-5-8-11-14-17-20-23-26-29-32-35-38-41-45(48-43(4)44(46)47,40-37-34-31-28-25-22-19-16-13-10-7-3)42-39-36-33-30-27-24-21-18-15-12-9-6-2;1-2-3(4)5/h43H,5-42H2,1-4H3,(H,46,47);2H2,1H3,(H,4,5). The van der Waals surface area contributed by atoms with E-state index < -0.39 is 11.9 Å². The van der Waals surface area contributed by atoms with Crippen LogP contribution in [0.5, 0.6) is 0 Å². The molecule has 0 aromatic heterocycles. The number of carbonyl (C=O) groups is 2. The zero-order valence-corrected chi connectivity index (χ0v) is 37.6. The monoisotopic (exact) mass is 769 g/mol. The van der Waals surface area contributed by atoms with Crippen LogP contribution in [0.15, 0.2) is 0 Å². The maximum absolute atomic E-state index is 12.1. The lowest BCUT2D eigenvalue weighted by atomic mass is 9.88. The molecule has 0 rings (SSSR count). The van der Waals surface area contributed by atoms with Crippen LogP contribution in [0.4, 0.5) is 0 Å². The fourth-order valence-electron chi connectivity index (χ4n) is 7.66. The fraction of sp³-hybridized carbons (Fsp3) is 0.958. The summed E-state index contributed by atoms with van der Waals surface area (Å²) in [4.78, 5) is 21.4. The number of hydrogen-bond acceptors (Lipinski definition) is 3. The van der Waals surface area contributed by atoms with Gasteiger partial charge in [0.05, 0.1) is 5.25 Å². The molecule has 4 nitrogen and oxygen atoms in total. The summed E-state index contributed by atoms with van der Waals surface area (Å²) in [5.74, 6) is -1.36. The number of hydrogen-bond donors (Lipinski definition) is 2. The van der Waals surface area contributed by atoms with Gasteiger partial charge in [0.25, 0.3) is 0 Å². The second-order valence-electron chi connectivity index (χ2n) is 16.6. The molecule has 0 aromatic rings. The second-order valence-corrected chi connectivity index (χ2v) is 18.4. The first-order valence-corrected chi connectivity index (χ1v) is 24.8. The van der Waals surface area contributed by atoms with Crippen molar-refractivity contribution >= 4 is 23.7 Å². The SMILES string of the molecule is CCC(=O)O.CCCCCCCCCCCCCCC(CCCCCCCCCCCCC)(CCCCCCCCCCCCCC)SC(C)C(=O)O. The van der Waals surface area contributed by atoms with Crippen molar-refractivity contribution in [1.82, 2.24) is 0 Å². The molecule has 5 heteroatoms. The van der Waals surface area contributed by atoms with Crippen molar-refractivity contribution < 1.29 is 19.8 Å². The molecule has 0 amide bonds. The van der Waals surface area contributed by atoms with Crippen LogP contribution in [0.3, 0.4) is 0 Å². The molecule has 53 heavy (non-hydrogen) atoms. The molecule has 0 aliphatic carbocycles. The number of rotatable bonds is 42. The van der Waals surface area contributed by atoms with E-state index in [0.29, 0.717) is 0 Å². The molecule has 0 fully saturated rings. The van der Waals surface area contributed by atoms with Crippen molar-refractivity contribution in [3.63, 3.8) is 0 Å². The van der Waals surface area contributed by atoms with E-state index in [4.69, 9.17) is 5.11 Å². The summed E-state index contributed by atoms with van der Waals surface area (Å²) < 4.78 is 0.161. The molecule has 0 bridgehead atoms. The Kier molecular flexibility index (Phi) is 45.2. The summed E-state index contributed by atoms with van der Waals surface area (Å²) in [6.45, 7) is 10.4. The molecule has 0 aromatic carbocycles. The summed E-state index contributed by atoms with van der Waals surface area (Å²) in [5.41, 5.74) is 0.